The maximum absolute atomic E-state index is 5.32. The van der Waals surface area contributed by atoms with E-state index in [1.807, 2.05) is 6.07 Å². The summed E-state index contributed by atoms with van der Waals surface area (Å²) in [5, 5.41) is 6.11. The van der Waals surface area contributed by atoms with Gasteiger partial charge in [-0.1, -0.05) is 137 Å². The van der Waals surface area contributed by atoms with Crippen molar-refractivity contribution in [1.29, 1.82) is 0 Å². The first-order chi connectivity index (χ1) is 21.9. The molecule has 9 rings (SSSR count). The Morgan fingerprint density at radius 2 is 1.11 bits per heavy atom. The Balaban J connectivity index is 1.46. The average molecular weight is 580 g/mol. The van der Waals surface area contributed by atoms with E-state index in [4.69, 9.17) is 9.97 Å². The fourth-order valence-corrected chi connectivity index (χ4v) is 7.77. The van der Waals surface area contributed by atoms with Gasteiger partial charge in [-0.2, -0.15) is 0 Å². The minimum atomic E-state index is -0.102. The fraction of sp³-hybridized carbons (Fsp3) is 0.143. The third kappa shape index (κ3) is 3.47. The highest BCUT2D eigenvalue weighted by Crippen LogP contribution is 2.58. The molecule has 45 heavy (non-hydrogen) atoms. The molecule has 0 saturated heterocycles. The molecule has 0 N–H and O–H groups in total. The summed E-state index contributed by atoms with van der Waals surface area (Å²) in [4.78, 5) is 10.5. The molecule has 0 saturated carbocycles. The van der Waals surface area contributed by atoms with Crippen LogP contribution < -0.4 is 0 Å². The summed E-state index contributed by atoms with van der Waals surface area (Å²) in [5.41, 5.74) is 10.5. The quantitative estimate of drug-likeness (QED) is 0.204. The van der Waals surface area contributed by atoms with E-state index in [0.29, 0.717) is 5.95 Å². The molecule has 1 aliphatic carbocycles. The van der Waals surface area contributed by atoms with Crippen molar-refractivity contribution in [2.75, 3.05) is 0 Å². The summed E-state index contributed by atoms with van der Waals surface area (Å²) in [6.07, 6.45) is 0. The highest BCUT2D eigenvalue weighted by atomic mass is 15.2. The zero-order valence-corrected chi connectivity index (χ0v) is 26.0. The minimum Gasteiger partial charge on any atom is -0.278 e. The summed E-state index contributed by atoms with van der Waals surface area (Å²) < 4.78 is 2.28. The van der Waals surface area contributed by atoms with E-state index in [0.717, 1.165) is 33.2 Å². The molecule has 6 aromatic carbocycles. The SMILES string of the molecule is CC1(C)c2ccc3ccccc3c2-c2c(ccc3c2c2ccccc2n3-c2nc(-c3ccccc3)c3ccccc3n2)C1(C)C. The van der Waals surface area contributed by atoms with Crippen LogP contribution in [0, 0.1) is 0 Å². The number of rotatable bonds is 2. The lowest BCUT2D eigenvalue weighted by atomic mass is 9.54. The third-order valence-electron chi connectivity index (χ3n) is 10.8. The van der Waals surface area contributed by atoms with Gasteiger partial charge in [-0.3, -0.25) is 4.57 Å². The average Bonchev–Trinajstić information content (AvgIpc) is 3.41. The lowest BCUT2D eigenvalue weighted by Gasteiger charge is -2.48. The molecule has 1 aliphatic rings. The van der Waals surface area contributed by atoms with E-state index in [1.54, 1.807) is 0 Å². The Hall–Kier alpha value is -5.28. The van der Waals surface area contributed by atoms with E-state index in [1.165, 1.54) is 43.8 Å². The summed E-state index contributed by atoms with van der Waals surface area (Å²) in [6.45, 7) is 9.64. The lowest BCUT2D eigenvalue weighted by molar-refractivity contribution is 0.300. The Kier molecular flexibility index (Phi) is 5.30. The predicted molar refractivity (Wildman–Crippen MR) is 188 cm³/mol. The largest absolute Gasteiger partial charge is 0.278 e. The molecular formula is C42H33N3. The molecule has 0 unspecified atom stereocenters. The number of benzene rings is 6. The van der Waals surface area contributed by atoms with Gasteiger partial charge in [-0.15, -0.1) is 0 Å². The number of hydrogen-bond acceptors (Lipinski definition) is 2. The van der Waals surface area contributed by atoms with Crippen molar-refractivity contribution in [2.24, 2.45) is 0 Å². The molecule has 3 nitrogen and oxygen atoms in total. The number of fused-ring (bicyclic) bond motifs is 10. The molecule has 3 heteroatoms. The smallest absolute Gasteiger partial charge is 0.235 e. The van der Waals surface area contributed by atoms with Crippen LogP contribution >= 0.6 is 0 Å². The van der Waals surface area contributed by atoms with Crippen molar-refractivity contribution >= 4 is 43.5 Å². The molecule has 0 aliphatic heterocycles. The van der Waals surface area contributed by atoms with Crippen LogP contribution in [0.4, 0.5) is 0 Å². The monoisotopic (exact) mass is 579 g/mol. The van der Waals surface area contributed by atoms with E-state index in [2.05, 4.69) is 154 Å². The van der Waals surface area contributed by atoms with Gasteiger partial charge in [-0.25, -0.2) is 9.97 Å². The fourth-order valence-electron chi connectivity index (χ4n) is 7.77. The highest BCUT2D eigenvalue weighted by molar-refractivity contribution is 6.20. The standard InChI is InChI=1S/C42H33N3/c1-41(2)31-23-22-26-14-8-9-17-28(26)36(31)38-32(42(41,3)4)24-25-35-37(38)30-19-11-13-21-34(30)45(35)40-43-33-20-12-10-18-29(33)39(44-40)27-15-6-5-7-16-27/h5-25H,1-4H3. The van der Waals surface area contributed by atoms with Crippen molar-refractivity contribution in [3.63, 3.8) is 0 Å². The van der Waals surface area contributed by atoms with Crippen molar-refractivity contribution in [1.82, 2.24) is 14.5 Å². The van der Waals surface area contributed by atoms with Crippen LogP contribution in [0.2, 0.25) is 0 Å². The predicted octanol–water partition coefficient (Wildman–Crippen LogP) is 10.8. The van der Waals surface area contributed by atoms with Crippen LogP contribution in [0.3, 0.4) is 0 Å². The van der Waals surface area contributed by atoms with E-state index in [-0.39, 0.29) is 10.8 Å². The van der Waals surface area contributed by atoms with Crippen molar-refractivity contribution in [2.45, 2.75) is 38.5 Å². The van der Waals surface area contributed by atoms with Gasteiger partial charge >= 0.3 is 0 Å². The van der Waals surface area contributed by atoms with Gasteiger partial charge in [0.15, 0.2) is 0 Å². The Morgan fingerprint density at radius 1 is 0.489 bits per heavy atom. The van der Waals surface area contributed by atoms with Crippen LogP contribution in [0.5, 0.6) is 0 Å². The molecule has 0 bridgehead atoms. The maximum Gasteiger partial charge on any atom is 0.235 e. The molecule has 2 aromatic heterocycles. The molecule has 2 heterocycles. The molecule has 216 valence electrons. The van der Waals surface area contributed by atoms with Gasteiger partial charge < -0.3 is 0 Å². The molecule has 0 amide bonds. The Bertz CT molecular complexity index is 2480. The number of nitrogens with zero attached hydrogens (tertiary/aromatic N) is 3. The zero-order valence-electron chi connectivity index (χ0n) is 26.0. The number of hydrogen-bond donors (Lipinski definition) is 0. The van der Waals surface area contributed by atoms with Gasteiger partial charge in [0.2, 0.25) is 5.95 Å². The Morgan fingerprint density at radius 3 is 1.91 bits per heavy atom. The van der Waals surface area contributed by atoms with Gasteiger partial charge in [-0.05, 0) is 62.1 Å². The van der Waals surface area contributed by atoms with E-state index < -0.39 is 0 Å². The van der Waals surface area contributed by atoms with Crippen molar-refractivity contribution < 1.29 is 0 Å². The first-order valence-electron chi connectivity index (χ1n) is 15.8. The van der Waals surface area contributed by atoms with E-state index in [9.17, 15) is 0 Å². The van der Waals surface area contributed by atoms with Gasteiger partial charge in [0.25, 0.3) is 0 Å². The van der Waals surface area contributed by atoms with E-state index >= 15 is 0 Å². The van der Waals surface area contributed by atoms with Gasteiger partial charge in [0.05, 0.1) is 22.2 Å². The van der Waals surface area contributed by atoms with Crippen LogP contribution in [-0.4, -0.2) is 14.5 Å². The second-order valence-corrected chi connectivity index (χ2v) is 13.4. The van der Waals surface area contributed by atoms with Crippen LogP contribution in [0.1, 0.15) is 38.8 Å². The van der Waals surface area contributed by atoms with Crippen LogP contribution in [0.25, 0.3) is 71.8 Å². The van der Waals surface area contributed by atoms with Crippen LogP contribution in [0.15, 0.2) is 127 Å². The Labute approximate surface area is 262 Å². The summed E-state index contributed by atoms with van der Waals surface area (Å²) in [6, 6.07) is 45.8. The second kappa shape index (κ2) is 9.12. The minimum absolute atomic E-state index is 0.0720. The molecule has 0 atom stereocenters. The second-order valence-electron chi connectivity index (χ2n) is 13.4. The maximum atomic E-state index is 5.32. The molecule has 8 aromatic rings. The van der Waals surface area contributed by atoms with Crippen molar-refractivity contribution in [3.05, 3.63) is 139 Å². The number of para-hydroxylation sites is 2. The molecule has 0 radical (unpaired) electrons. The highest BCUT2D eigenvalue weighted by Gasteiger charge is 2.47. The van der Waals surface area contributed by atoms with Crippen LogP contribution in [-0.2, 0) is 10.8 Å². The first kappa shape index (κ1) is 26.2. The van der Waals surface area contributed by atoms with Crippen molar-refractivity contribution in [3.8, 4) is 28.3 Å². The molecular weight excluding hydrogens is 546 g/mol. The number of aromatic nitrogens is 3. The zero-order chi connectivity index (χ0) is 30.5. The summed E-state index contributed by atoms with van der Waals surface area (Å²) >= 11 is 0. The third-order valence-corrected chi connectivity index (χ3v) is 10.8. The van der Waals surface area contributed by atoms with Gasteiger partial charge in [0.1, 0.15) is 0 Å². The summed E-state index contributed by atoms with van der Waals surface area (Å²) in [5.74, 6) is 0.687. The first-order valence-corrected chi connectivity index (χ1v) is 15.8. The topological polar surface area (TPSA) is 30.7 Å². The van der Waals surface area contributed by atoms with Gasteiger partial charge in [0, 0.05) is 21.7 Å². The molecule has 0 fully saturated rings. The molecule has 0 spiro atoms. The summed E-state index contributed by atoms with van der Waals surface area (Å²) in [7, 11) is 0. The lowest BCUT2D eigenvalue weighted by Crippen LogP contribution is -2.43. The normalized spacial score (nSPS) is 15.0.